The molecule has 0 aliphatic rings. The van der Waals surface area contributed by atoms with Crippen LogP contribution in [0.4, 0.5) is 17.1 Å². The molecule has 0 spiro atoms. The van der Waals surface area contributed by atoms with Gasteiger partial charge in [-0.05, 0) is 111 Å². The molecule has 0 bridgehead atoms. The highest BCUT2D eigenvalue weighted by Gasteiger charge is 2.22. The zero-order valence-corrected chi connectivity index (χ0v) is 33.2. The third kappa shape index (κ3) is 5.90. The Morgan fingerprint density at radius 3 is 1.69 bits per heavy atom. The Balaban J connectivity index is 0.944. The van der Waals surface area contributed by atoms with Crippen molar-refractivity contribution in [2.75, 3.05) is 4.90 Å². The topological polar surface area (TPSA) is 21.3 Å². The lowest BCUT2D eigenvalue weighted by Crippen LogP contribution is -2.10. The third-order valence-corrected chi connectivity index (χ3v) is 12.2. The maximum Gasteiger partial charge on any atom is 0.160 e. The van der Waals surface area contributed by atoms with E-state index < -0.39 is 0 Å². The van der Waals surface area contributed by atoms with E-state index in [1.54, 1.807) is 0 Å². The number of para-hydroxylation sites is 3. The summed E-state index contributed by atoms with van der Waals surface area (Å²) in [6.07, 6.45) is 0. The number of anilines is 3. The molecule has 2 heterocycles. The maximum atomic E-state index is 6.79. The van der Waals surface area contributed by atoms with E-state index in [2.05, 4.69) is 234 Å². The smallest absolute Gasteiger partial charge is 0.160 e. The second-order valence-corrected chi connectivity index (χ2v) is 15.7. The Kier molecular flexibility index (Phi) is 8.17. The van der Waals surface area contributed by atoms with E-state index in [-0.39, 0.29) is 0 Å². The molecule has 0 N–H and O–H groups in total. The highest BCUT2D eigenvalue weighted by atomic mass is 16.3. The van der Waals surface area contributed by atoms with Crippen molar-refractivity contribution in [3.05, 3.63) is 231 Å². The van der Waals surface area contributed by atoms with Gasteiger partial charge in [0.2, 0.25) is 0 Å². The molecule has 3 heteroatoms. The van der Waals surface area contributed by atoms with Crippen LogP contribution in [0.25, 0.3) is 93.6 Å². The van der Waals surface area contributed by atoms with Gasteiger partial charge in [-0.25, -0.2) is 0 Å². The first-order valence-corrected chi connectivity index (χ1v) is 20.8. The van der Waals surface area contributed by atoms with Gasteiger partial charge in [0.1, 0.15) is 5.58 Å². The van der Waals surface area contributed by atoms with E-state index in [9.17, 15) is 0 Å². The van der Waals surface area contributed by atoms with E-state index in [0.29, 0.717) is 0 Å². The predicted octanol–water partition coefficient (Wildman–Crippen LogP) is 16.3. The summed E-state index contributed by atoms with van der Waals surface area (Å²) in [6.45, 7) is 0. The second kappa shape index (κ2) is 14.3. The minimum Gasteiger partial charge on any atom is -0.454 e. The summed E-state index contributed by atoms with van der Waals surface area (Å²) in [5.74, 6) is 0. The standard InChI is InChI=1S/C58H38N2O/c1-3-14-39(15-4-1)43-17-13-20-48(36-43)59(55-38-45-16-7-8-21-49(45)57-51-23-10-12-25-56(51)61-58(55)57)47-33-30-41(31-34-47)40-26-28-42(29-27-40)44-32-35-54-52(37-44)50-22-9-11-24-53(50)60(54)46-18-5-2-6-19-46/h1-38H. The fourth-order valence-electron chi connectivity index (χ4n) is 9.27. The molecule has 10 aromatic carbocycles. The van der Waals surface area contributed by atoms with Crippen LogP contribution >= 0.6 is 0 Å². The van der Waals surface area contributed by atoms with Gasteiger partial charge in [-0.3, -0.25) is 0 Å². The van der Waals surface area contributed by atoms with Crippen LogP contribution in [-0.4, -0.2) is 4.57 Å². The number of aromatic nitrogens is 1. The molecular formula is C58H38N2O. The summed E-state index contributed by atoms with van der Waals surface area (Å²) in [5.41, 5.74) is 15.5. The predicted molar refractivity (Wildman–Crippen MR) is 257 cm³/mol. The van der Waals surface area contributed by atoms with Gasteiger partial charge in [-0.15, -0.1) is 0 Å². The van der Waals surface area contributed by atoms with E-state index in [1.807, 2.05) is 6.07 Å². The van der Waals surface area contributed by atoms with Crippen molar-refractivity contribution in [3.63, 3.8) is 0 Å². The number of furan rings is 1. The average Bonchev–Trinajstić information content (AvgIpc) is 3.89. The number of rotatable bonds is 7. The highest BCUT2D eigenvalue weighted by Crippen LogP contribution is 2.46. The van der Waals surface area contributed by atoms with Crippen LogP contribution in [0.2, 0.25) is 0 Å². The zero-order chi connectivity index (χ0) is 40.3. The van der Waals surface area contributed by atoms with Crippen LogP contribution < -0.4 is 4.90 Å². The number of nitrogens with zero attached hydrogens (tertiary/aromatic N) is 2. The van der Waals surface area contributed by atoms with Gasteiger partial charge in [0.05, 0.1) is 16.7 Å². The number of hydrogen-bond donors (Lipinski definition) is 0. The fraction of sp³-hybridized carbons (Fsp3) is 0. The first-order valence-electron chi connectivity index (χ1n) is 20.8. The Morgan fingerprint density at radius 1 is 0.344 bits per heavy atom. The molecule has 0 amide bonds. The van der Waals surface area contributed by atoms with Crippen LogP contribution in [0, 0.1) is 0 Å². The Bertz CT molecular complexity index is 3560. The monoisotopic (exact) mass is 778 g/mol. The van der Waals surface area contributed by atoms with Gasteiger partial charge >= 0.3 is 0 Å². The molecule has 0 radical (unpaired) electrons. The van der Waals surface area contributed by atoms with Crippen molar-refractivity contribution in [1.82, 2.24) is 4.57 Å². The summed E-state index contributed by atoms with van der Waals surface area (Å²) in [4.78, 5) is 2.35. The molecule has 0 atom stereocenters. The van der Waals surface area contributed by atoms with Crippen LogP contribution in [0.3, 0.4) is 0 Å². The molecule has 2 aromatic heterocycles. The van der Waals surface area contributed by atoms with Gasteiger partial charge in [-0.1, -0.05) is 164 Å². The van der Waals surface area contributed by atoms with Crippen LogP contribution in [-0.2, 0) is 0 Å². The molecule has 0 saturated carbocycles. The first-order chi connectivity index (χ1) is 30.2. The van der Waals surface area contributed by atoms with Crippen LogP contribution in [0.1, 0.15) is 0 Å². The second-order valence-electron chi connectivity index (χ2n) is 15.7. The Labute approximate surface area is 353 Å². The molecular weight excluding hydrogens is 741 g/mol. The molecule has 0 fully saturated rings. The summed E-state index contributed by atoms with van der Waals surface area (Å²) in [5, 5.41) is 7.10. The van der Waals surface area contributed by atoms with Gasteiger partial charge in [0, 0.05) is 38.6 Å². The summed E-state index contributed by atoms with van der Waals surface area (Å²) in [7, 11) is 0. The molecule has 12 aromatic rings. The van der Waals surface area contributed by atoms with Gasteiger partial charge in [0.25, 0.3) is 0 Å². The number of fused-ring (bicyclic) bond motifs is 8. The largest absolute Gasteiger partial charge is 0.454 e. The van der Waals surface area contributed by atoms with Crippen molar-refractivity contribution >= 4 is 71.6 Å². The normalized spacial score (nSPS) is 11.6. The van der Waals surface area contributed by atoms with Crippen molar-refractivity contribution in [1.29, 1.82) is 0 Å². The van der Waals surface area contributed by atoms with Crippen LogP contribution in [0.15, 0.2) is 235 Å². The average molecular weight is 779 g/mol. The maximum absolute atomic E-state index is 6.79. The molecule has 0 aliphatic heterocycles. The quantitative estimate of drug-likeness (QED) is 0.161. The van der Waals surface area contributed by atoms with Gasteiger partial charge < -0.3 is 13.9 Å². The molecule has 61 heavy (non-hydrogen) atoms. The number of hydrogen-bond acceptors (Lipinski definition) is 2. The lowest BCUT2D eigenvalue weighted by Gasteiger charge is -2.27. The lowest BCUT2D eigenvalue weighted by atomic mass is 9.98. The molecule has 0 saturated heterocycles. The lowest BCUT2D eigenvalue weighted by molar-refractivity contribution is 0.669. The summed E-state index contributed by atoms with van der Waals surface area (Å²) >= 11 is 0. The molecule has 12 rings (SSSR count). The molecule has 0 unspecified atom stereocenters. The van der Waals surface area contributed by atoms with E-state index in [0.717, 1.165) is 50.1 Å². The minimum absolute atomic E-state index is 0.868. The molecule has 0 aliphatic carbocycles. The summed E-state index contributed by atoms with van der Waals surface area (Å²) < 4.78 is 9.16. The Hall–Kier alpha value is -8.14. The SMILES string of the molecule is c1ccc(-c2cccc(N(c3ccc(-c4ccc(-c5ccc6c(c5)c5ccccc5n6-c5ccccc5)cc4)cc3)c3cc4ccccc4c4c3oc3ccccc34)c2)cc1. The van der Waals surface area contributed by atoms with E-state index >= 15 is 0 Å². The van der Waals surface area contributed by atoms with E-state index in [4.69, 9.17) is 4.42 Å². The van der Waals surface area contributed by atoms with Gasteiger partial charge in [0.15, 0.2) is 5.58 Å². The third-order valence-electron chi connectivity index (χ3n) is 12.2. The summed E-state index contributed by atoms with van der Waals surface area (Å²) in [6, 6.07) is 82.8. The van der Waals surface area contributed by atoms with Crippen molar-refractivity contribution in [2.45, 2.75) is 0 Å². The van der Waals surface area contributed by atoms with Gasteiger partial charge in [-0.2, -0.15) is 0 Å². The van der Waals surface area contributed by atoms with Crippen LogP contribution in [0.5, 0.6) is 0 Å². The first kappa shape index (κ1) is 34.9. The zero-order valence-electron chi connectivity index (χ0n) is 33.2. The Morgan fingerprint density at radius 2 is 0.902 bits per heavy atom. The fourth-order valence-corrected chi connectivity index (χ4v) is 9.27. The number of benzene rings is 10. The van der Waals surface area contributed by atoms with Crippen molar-refractivity contribution < 1.29 is 4.42 Å². The molecule has 286 valence electrons. The highest BCUT2D eigenvalue weighted by molar-refractivity contribution is 6.23. The van der Waals surface area contributed by atoms with E-state index in [1.165, 1.54) is 60.5 Å². The van der Waals surface area contributed by atoms with Crippen molar-refractivity contribution in [3.8, 4) is 39.1 Å². The minimum atomic E-state index is 0.868. The molecule has 3 nitrogen and oxygen atoms in total. The van der Waals surface area contributed by atoms with Crippen molar-refractivity contribution in [2.24, 2.45) is 0 Å².